The van der Waals surface area contributed by atoms with Crippen molar-refractivity contribution in [3.63, 3.8) is 0 Å². The monoisotopic (exact) mass is 427 g/mol. The van der Waals surface area contributed by atoms with Crippen molar-refractivity contribution < 1.29 is 22.8 Å². The van der Waals surface area contributed by atoms with Crippen LogP contribution in [0.5, 0.6) is 0 Å². The molecule has 1 aliphatic heterocycles. The molecular formula is C20H21ClF3N3O2. The molecular weight excluding hydrogens is 407 g/mol. The SMILES string of the molecule is Cl.O=C(NCc1ccc(NC(=O)C2CCNC2)cc1)c1ccc(C(F)(F)F)cc1. The number of hydrogen-bond acceptors (Lipinski definition) is 3. The zero-order valence-electron chi connectivity index (χ0n) is 15.4. The van der Waals surface area contributed by atoms with Crippen molar-refractivity contribution in [2.24, 2.45) is 5.92 Å². The van der Waals surface area contributed by atoms with Crippen LogP contribution < -0.4 is 16.0 Å². The number of alkyl halides is 3. The number of anilines is 1. The molecule has 0 saturated carbocycles. The summed E-state index contributed by atoms with van der Waals surface area (Å²) in [6.07, 6.45) is -3.61. The Balaban J connectivity index is 0.00000300. The lowest BCUT2D eigenvalue weighted by atomic mass is 10.1. The maximum absolute atomic E-state index is 12.6. The van der Waals surface area contributed by atoms with E-state index in [1.165, 1.54) is 0 Å². The molecule has 1 unspecified atom stereocenters. The number of amides is 2. The zero-order chi connectivity index (χ0) is 20.1. The Kier molecular flexibility index (Phi) is 7.64. The van der Waals surface area contributed by atoms with Crippen molar-refractivity contribution in [3.8, 4) is 0 Å². The van der Waals surface area contributed by atoms with Crippen LogP contribution in [0.4, 0.5) is 18.9 Å². The topological polar surface area (TPSA) is 70.2 Å². The van der Waals surface area contributed by atoms with Crippen molar-refractivity contribution >= 4 is 29.9 Å². The maximum Gasteiger partial charge on any atom is 0.416 e. The zero-order valence-corrected chi connectivity index (χ0v) is 16.2. The second-order valence-corrected chi connectivity index (χ2v) is 6.63. The summed E-state index contributed by atoms with van der Waals surface area (Å²) in [7, 11) is 0. The van der Waals surface area contributed by atoms with Crippen molar-refractivity contribution in [3.05, 3.63) is 65.2 Å². The standard InChI is InChI=1S/C20H20F3N3O2.ClH/c21-20(22,23)16-5-3-14(4-6-16)18(27)25-11-13-1-7-17(8-2-13)26-19(28)15-9-10-24-12-15;/h1-8,15,24H,9-12H2,(H,25,27)(H,26,28);1H. The fourth-order valence-electron chi connectivity index (χ4n) is 2.92. The second kappa shape index (κ2) is 9.76. The van der Waals surface area contributed by atoms with Crippen molar-refractivity contribution in [2.75, 3.05) is 18.4 Å². The van der Waals surface area contributed by atoms with Crippen molar-refractivity contribution in [1.82, 2.24) is 10.6 Å². The molecule has 1 saturated heterocycles. The number of carbonyl (C=O) groups is 2. The van der Waals surface area contributed by atoms with Crippen LogP contribution >= 0.6 is 12.4 Å². The van der Waals surface area contributed by atoms with Gasteiger partial charge < -0.3 is 16.0 Å². The number of nitrogens with one attached hydrogen (secondary N) is 3. The largest absolute Gasteiger partial charge is 0.416 e. The van der Waals surface area contributed by atoms with E-state index in [1.54, 1.807) is 24.3 Å². The van der Waals surface area contributed by atoms with E-state index in [0.29, 0.717) is 12.2 Å². The molecule has 2 aromatic rings. The molecule has 1 fully saturated rings. The number of carbonyl (C=O) groups excluding carboxylic acids is 2. The minimum absolute atomic E-state index is 0. The highest BCUT2D eigenvalue weighted by molar-refractivity contribution is 5.94. The molecule has 2 aromatic carbocycles. The van der Waals surface area contributed by atoms with Gasteiger partial charge in [0.2, 0.25) is 5.91 Å². The van der Waals surface area contributed by atoms with Crippen LogP contribution in [0.25, 0.3) is 0 Å². The molecule has 5 nitrogen and oxygen atoms in total. The van der Waals surface area contributed by atoms with Crippen LogP contribution in [0, 0.1) is 5.92 Å². The maximum atomic E-state index is 12.6. The van der Waals surface area contributed by atoms with Crippen molar-refractivity contribution in [1.29, 1.82) is 0 Å². The first kappa shape index (κ1) is 22.7. The van der Waals surface area contributed by atoms with Crippen LogP contribution in [-0.4, -0.2) is 24.9 Å². The van der Waals surface area contributed by atoms with Crippen LogP contribution in [0.1, 0.15) is 27.9 Å². The van der Waals surface area contributed by atoms with E-state index in [4.69, 9.17) is 0 Å². The van der Waals surface area contributed by atoms with Gasteiger partial charge in [-0.3, -0.25) is 9.59 Å². The van der Waals surface area contributed by atoms with Gasteiger partial charge in [0.25, 0.3) is 5.91 Å². The highest BCUT2D eigenvalue weighted by Crippen LogP contribution is 2.29. The number of benzene rings is 2. The fourth-order valence-corrected chi connectivity index (χ4v) is 2.92. The number of rotatable bonds is 5. The molecule has 1 heterocycles. The Bertz CT molecular complexity index is 834. The van der Waals surface area contributed by atoms with E-state index in [-0.39, 0.29) is 36.3 Å². The lowest BCUT2D eigenvalue weighted by molar-refractivity contribution is -0.137. The third kappa shape index (κ3) is 6.20. The highest BCUT2D eigenvalue weighted by Gasteiger charge is 2.30. The average molecular weight is 428 g/mol. The normalized spacial score (nSPS) is 16.0. The predicted octanol–water partition coefficient (Wildman–Crippen LogP) is 3.61. The molecule has 1 aliphatic rings. The van der Waals surface area contributed by atoms with Gasteiger partial charge in [-0.05, 0) is 54.9 Å². The summed E-state index contributed by atoms with van der Waals surface area (Å²) in [6.45, 7) is 1.75. The summed E-state index contributed by atoms with van der Waals surface area (Å²) in [4.78, 5) is 24.2. The minimum Gasteiger partial charge on any atom is -0.348 e. The summed E-state index contributed by atoms with van der Waals surface area (Å²) in [5.41, 5.74) is 0.840. The second-order valence-electron chi connectivity index (χ2n) is 6.63. The van der Waals surface area contributed by atoms with Gasteiger partial charge >= 0.3 is 6.18 Å². The Labute approximate surface area is 172 Å². The first-order valence-corrected chi connectivity index (χ1v) is 8.89. The van der Waals surface area contributed by atoms with Crippen LogP contribution in [0.2, 0.25) is 0 Å². The molecule has 0 bridgehead atoms. The highest BCUT2D eigenvalue weighted by atomic mass is 35.5. The molecule has 3 rings (SSSR count). The summed E-state index contributed by atoms with van der Waals surface area (Å²) in [5, 5.41) is 8.67. The lowest BCUT2D eigenvalue weighted by Crippen LogP contribution is -2.24. The summed E-state index contributed by atoms with van der Waals surface area (Å²) < 4.78 is 37.7. The Hall–Kier alpha value is -2.58. The molecule has 1 atom stereocenters. The van der Waals surface area contributed by atoms with E-state index in [1.807, 2.05) is 0 Å². The first-order valence-electron chi connectivity index (χ1n) is 8.89. The summed E-state index contributed by atoms with van der Waals surface area (Å²) in [5.74, 6) is -0.504. The van der Waals surface area contributed by atoms with Crippen LogP contribution in [0.3, 0.4) is 0 Å². The first-order chi connectivity index (χ1) is 13.3. The van der Waals surface area contributed by atoms with E-state index < -0.39 is 17.6 Å². The smallest absolute Gasteiger partial charge is 0.348 e. The number of halogens is 4. The molecule has 9 heteroatoms. The van der Waals surface area contributed by atoms with Gasteiger partial charge in [-0.25, -0.2) is 0 Å². The van der Waals surface area contributed by atoms with E-state index in [9.17, 15) is 22.8 Å². The lowest BCUT2D eigenvalue weighted by Gasteiger charge is -2.11. The average Bonchev–Trinajstić information content (AvgIpc) is 3.21. The molecule has 156 valence electrons. The Morgan fingerprint density at radius 1 is 1.03 bits per heavy atom. The van der Waals surface area contributed by atoms with Crippen LogP contribution in [0.15, 0.2) is 48.5 Å². The Morgan fingerprint density at radius 3 is 2.24 bits per heavy atom. The molecule has 0 spiro atoms. The van der Waals surface area contributed by atoms with E-state index in [2.05, 4.69) is 16.0 Å². The third-order valence-electron chi connectivity index (χ3n) is 4.58. The van der Waals surface area contributed by atoms with Gasteiger partial charge in [-0.2, -0.15) is 13.2 Å². The van der Waals surface area contributed by atoms with Gasteiger partial charge in [0.05, 0.1) is 11.5 Å². The quantitative estimate of drug-likeness (QED) is 0.682. The predicted molar refractivity (Wildman–Crippen MR) is 106 cm³/mol. The molecule has 0 aromatic heterocycles. The molecule has 0 aliphatic carbocycles. The van der Waals surface area contributed by atoms with Gasteiger partial charge in [-0.1, -0.05) is 12.1 Å². The Morgan fingerprint density at radius 2 is 1.69 bits per heavy atom. The van der Waals surface area contributed by atoms with Gasteiger partial charge in [-0.15, -0.1) is 12.4 Å². The number of hydrogen-bond donors (Lipinski definition) is 3. The van der Waals surface area contributed by atoms with E-state index in [0.717, 1.165) is 42.8 Å². The fraction of sp³-hybridized carbons (Fsp3) is 0.300. The van der Waals surface area contributed by atoms with Gasteiger partial charge in [0.15, 0.2) is 0 Å². The van der Waals surface area contributed by atoms with Gasteiger partial charge in [0, 0.05) is 24.3 Å². The summed E-state index contributed by atoms with van der Waals surface area (Å²) in [6, 6.07) is 11.1. The van der Waals surface area contributed by atoms with Crippen molar-refractivity contribution in [2.45, 2.75) is 19.1 Å². The third-order valence-corrected chi connectivity index (χ3v) is 4.58. The molecule has 2 amide bonds. The van der Waals surface area contributed by atoms with E-state index >= 15 is 0 Å². The van der Waals surface area contributed by atoms with Gasteiger partial charge in [0.1, 0.15) is 0 Å². The molecule has 0 radical (unpaired) electrons. The molecule has 3 N–H and O–H groups in total. The summed E-state index contributed by atoms with van der Waals surface area (Å²) >= 11 is 0. The molecule has 29 heavy (non-hydrogen) atoms. The van der Waals surface area contributed by atoms with Crippen LogP contribution in [-0.2, 0) is 17.5 Å². The minimum atomic E-state index is -4.43.